The molecule has 0 aromatic heterocycles. The maximum atomic E-state index is 9.84. The minimum absolute atomic E-state index is 0.0156. The summed E-state index contributed by atoms with van der Waals surface area (Å²) < 4.78 is 5.47. The summed E-state index contributed by atoms with van der Waals surface area (Å²) in [5.41, 5.74) is 0.569. The van der Waals surface area contributed by atoms with Crippen molar-refractivity contribution >= 4 is 0 Å². The maximum Gasteiger partial charge on any atom is 0.120 e. The number of ether oxygens (including phenoxy) is 1. The van der Waals surface area contributed by atoms with E-state index in [0.29, 0.717) is 17.9 Å². The lowest BCUT2D eigenvalue weighted by molar-refractivity contribution is 0.0985. The van der Waals surface area contributed by atoms with Gasteiger partial charge in [-0.15, -0.1) is 0 Å². The van der Waals surface area contributed by atoms with Gasteiger partial charge < -0.3 is 15.2 Å². The molecular formula is C15H22N2O2. The Balaban J connectivity index is 2.38. The Morgan fingerprint density at radius 3 is 2.84 bits per heavy atom. The number of nitrogens with zero attached hydrogens (tertiary/aromatic N) is 1. The van der Waals surface area contributed by atoms with E-state index in [4.69, 9.17) is 10.00 Å². The zero-order chi connectivity index (χ0) is 14.3. The summed E-state index contributed by atoms with van der Waals surface area (Å²) in [7, 11) is 0. The highest BCUT2D eigenvalue weighted by molar-refractivity contribution is 5.36. The van der Waals surface area contributed by atoms with E-state index in [1.165, 1.54) is 0 Å². The summed E-state index contributed by atoms with van der Waals surface area (Å²) >= 11 is 0. The topological polar surface area (TPSA) is 65.3 Å². The first-order valence-electron chi connectivity index (χ1n) is 6.53. The van der Waals surface area contributed by atoms with Gasteiger partial charge in [0.2, 0.25) is 0 Å². The molecule has 19 heavy (non-hydrogen) atoms. The molecule has 0 bridgehead atoms. The third-order valence-electron chi connectivity index (χ3n) is 3.11. The largest absolute Gasteiger partial charge is 0.491 e. The van der Waals surface area contributed by atoms with Gasteiger partial charge in [-0.1, -0.05) is 13.0 Å². The van der Waals surface area contributed by atoms with E-state index in [9.17, 15) is 5.11 Å². The van der Waals surface area contributed by atoms with Crippen molar-refractivity contribution in [3.05, 3.63) is 29.8 Å². The Labute approximate surface area is 115 Å². The lowest BCUT2D eigenvalue weighted by Crippen LogP contribution is -2.44. The van der Waals surface area contributed by atoms with Gasteiger partial charge in [0, 0.05) is 12.1 Å². The molecule has 0 amide bonds. The number of nitrogens with one attached hydrogen (secondary N) is 1. The van der Waals surface area contributed by atoms with Crippen molar-refractivity contribution in [2.24, 2.45) is 0 Å². The van der Waals surface area contributed by atoms with Crippen molar-refractivity contribution < 1.29 is 9.84 Å². The molecule has 0 spiro atoms. The third-order valence-corrected chi connectivity index (χ3v) is 3.11. The highest BCUT2D eigenvalue weighted by Crippen LogP contribution is 2.13. The first-order valence-corrected chi connectivity index (χ1v) is 6.53. The van der Waals surface area contributed by atoms with E-state index in [-0.39, 0.29) is 12.1 Å². The van der Waals surface area contributed by atoms with Gasteiger partial charge in [0.05, 0.1) is 11.6 Å². The van der Waals surface area contributed by atoms with Crippen LogP contribution in [0.15, 0.2) is 24.3 Å². The number of aliphatic hydroxyl groups is 1. The van der Waals surface area contributed by atoms with Crippen LogP contribution in [0.5, 0.6) is 5.75 Å². The van der Waals surface area contributed by atoms with E-state index in [2.05, 4.69) is 32.2 Å². The van der Waals surface area contributed by atoms with Crippen LogP contribution in [0, 0.1) is 11.3 Å². The summed E-state index contributed by atoms with van der Waals surface area (Å²) in [5, 5.41) is 21.9. The molecule has 1 rings (SSSR count). The van der Waals surface area contributed by atoms with E-state index < -0.39 is 6.10 Å². The minimum Gasteiger partial charge on any atom is -0.491 e. The Bertz CT molecular complexity index is 438. The molecule has 0 saturated carbocycles. The van der Waals surface area contributed by atoms with Crippen LogP contribution in [0.2, 0.25) is 0 Å². The molecule has 0 aliphatic rings. The van der Waals surface area contributed by atoms with Gasteiger partial charge >= 0.3 is 0 Å². The quantitative estimate of drug-likeness (QED) is 0.789. The molecular weight excluding hydrogens is 240 g/mol. The molecule has 4 nitrogen and oxygen atoms in total. The van der Waals surface area contributed by atoms with Crippen molar-refractivity contribution in [3.8, 4) is 11.8 Å². The molecule has 0 aliphatic heterocycles. The third kappa shape index (κ3) is 5.73. The number of nitriles is 1. The van der Waals surface area contributed by atoms with Crippen LogP contribution in [0.1, 0.15) is 32.8 Å². The van der Waals surface area contributed by atoms with Crippen LogP contribution >= 0.6 is 0 Å². The Kier molecular flexibility index (Phi) is 5.81. The average Bonchev–Trinajstić information content (AvgIpc) is 2.43. The van der Waals surface area contributed by atoms with Crippen LogP contribution in [-0.2, 0) is 0 Å². The van der Waals surface area contributed by atoms with Crippen LogP contribution in [0.4, 0.5) is 0 Å². The Morgan fingerprint density at radius 1 is 1.47 bits per heavy atom. The summed E-state index contributed by atoms with van der Waals surface area (Å²) in [4.78, 5) is 0. The summed E-state index contributed by atoms with van der Waals surface area (Å²) in [6.07, 6.45) is 0.418. The van der Waals surface area contributed by atoms with Crippen LogP contribution in [0.3, 0.4) is 0 Å². The molecule has 1 unspecified atom stereocenters. The lowest BCUT2D eigenvalue weighted by atomic mass is 10.0. The van der Waals surface area contributed by atoms with Crippen molar-refractivity contribution in [1.82, 2.24) is 5.32 Å². The number of β-amino-alcohol motifs (C(OH)–C–C–N with tert-alkyl or cyclic N) is 1. The molecule has 1 aromatic carbocycles. The van der Waals surface area contributed by atoms with Crippen molar-refractivity contribution in [2.45, 2.75) is 38.8 Å². The smallest absolute Gasteiger partial charge is 0.120 e. The molecule has 0 saturated heterocycles. The number of aliphatic hydroxyl groups excluding tert-OH is 1. The number of hydrogen-bond donors (Lipinski definition) is 2. The molecule has 104 valence electrons. The maximum absolute atomic E-state index is 9.84. The summed E-state index contributed by atoms with van der Waals surface area (Å²) in [6.45, 7) is 6.98. The zero-order valence-electron chi connectivity index (χ0n) is 11.8. The van der Waals surface area contributed by atoms with Gasteiger partial charge in [-0.05, 0) is 38.5 Å². The minimum atomic E-state index is -0.573. The monoisotopic (exact) mass is 262 g/mol. The molecule has 1 aromatic rings. The van der Waals surface area contributed by atoms with Gasteiger partial charge in [0.25, 0.3) is 0 Å². The Morgan fingerprint density at radius 2 is 2.21 bits per heavy atom. The second-order valence-electron chi connectivity index (χ2n) is 5.22. The van der Waals surface area contributed by atoms with E-state index in [1.807, 2.05) is 0 Å². The second-order valence-corrected chi connectivity index (χ2v) is 5.22. The van der Waals surface area contributed by atoms with E-state index in [0.717, 1.165) is 6.42 Å². The molecule has 4 heteroatoms. The second kappa shape index (κ2) is 7.13. The zero-order valence-corrected chi connectivity index (χ0v) is 11.8. The van der Waals surface area contributed by atoms with Crippen molar-refractivity contribution in [2.75, 3.05) is 13.2 Å². The SMILES string of the molecule is CCC(C)(C)NCC(O)COc1cccc(C#N)c1. The number of hydrogen-bond acceptors (Lipinski definition) is 4. The highest BCUT2D eigenvalue weighted by atomic mass is 16.5. The fourth-order valence-corrected chi connectivity index (χ4v) is 1.43. The molecule has 0 aliphatic carbocycles. The predicted molar refractivity (Wildman–Crippen MR) is 75.0 cm³/mol. The highest BCUT2D eigenvalue weighted by Gasteiger charge is 2.16. The fraction of sp³-hybridized carbons (Fsp3) is 0.533. The van der Waals surface area contributed by atoms with Crippen molar-refractivity contribution in [1.29, 1.82) is 5.26 Å². The van der Waals surface area contributed by atoms with Gasteiger partial charge in [0.15, 0.2) is 0 Å². The van der Waals surface area contributed by atoms with Crippen LogP contribution in [-0.4, -0.2) is 29.9 Å². The van der Waals surface area contributed by atoms with E-state index in [1.54, 1.807) is 24.3 Å². The molecule has 2 N–H and O–H groups in total. The fourth-order valence-electron chi connectivity index (χ4n) is 1.43. The summed E-state index contributed by atoms with van der Waals surface area (Å²) in [5.74, 6) is 0.604. The molecule has 0 fully saturated rings. The Hall–Kier alpha value is -1.57. The number of benzene rings is 1. The molecule has 1 atom stereocenters. The average molecular weight is 262 g/mol. The molecule has 0 radical (unpaired) electrons. The summed E-state index contributed by atoms with van der Waals surface area (Å²) in [6, 6.07) is 8.97. The normalized spacial score (nSPS) is 12.8. The molecule has 0 heterocycles. The predicted octanol–water partition coefficient (Wildman–Crippen LogP) is 2.08. The first kappa shape index (κ1) is 15.5. The van der Waals surface area contributed by atoms with Gasteiger partial charge in [-0.3, -0.25) is 0 Å². The van der Waals surface area contributed by atoms with Crippen LogP contribution in [0.25, 0.3) is 0 Å². The van der Waals surface area contributed by atoms with E-state index >= 15 is 0 Å². The van der Waals surface area contributed by atoms with Gasteiger partial charge in [0.1, 0.15) is 18.5 Å². The van der Waals surface area contributed by atoms with Crippen molar-refractivity contribution in [3.63, 3.8) is 0 Å². The lowest BCUT2D eigenvalue weighted by Gasteiger charge is -2.26. The van der Waals surface area contributed by atoms with Gasteiger partial charge in [-0.2, -0.15) is 5.26 Å². The standard InChI is InChI=1S/C15H22N2O2/c1-4-15(2,3)17-10-13(18)11-19-14-7-5-6-12(8-14)9-16/h5-8,13,17-18H,4,10-11H2,1-3H3. The first-order chi connectivity index (χ1) is 8.96. The van der Waals surface area contributed by atoms with Crippen LogP contribution < -0.4 is 10.1 Å². The van der Waals surface area contributed by atoms with Gasteiger partial charge in [-0.25, -0.2) is 0 Å². The number of rotatable bonds is 7.